The van der Waals surface area contributed by atoms with E-state index in [2.05, 4.69) is 5.32 Å². The highest BCUT2D eigenvalue weighted by Crippen LogP contribution is 2.29. The molecule has 0 saturated carbocycles. The normalized spacial score (nSPS) is 12.8. The van der Waals surface area contributed by atoms with Crippen LogP contribution in [-0.2, 0) is 6.18 Å². The van der Waals surface area contributed by atoms with E-state index in [0.717, 1.165) is 42.8 Å². The Morgan fingerprint density at radius 2 is 1.83 bits per heavy atom. The molecule has 0 aliphatic carbocycles. The molecule has 0 aliphatic rings. The minimum Gasteiger partial charge on any atom is -0.317 e. The summed E-state index contributed by atoms with van der Waals surface area (Å²) < 4.78 is 37.2. The first-order valence-corrected chi connectivity index (χ1v) is 6.00. The van der Waals surface area contributed by atoms with E-state index in [1.54, 1.807) is 0 Å². The maximum atomic E-state index is 12.4. The number of benzene rings is 1. The molecule has 1 rings (SSSR count). The molecule has 4 heteroatoms. The fourth-order valence-electron chi connectivity index (χ4n) is 1.61. The van der Waals surface area contributed by atoms with Gasteiger partial charge in [0.1, 0.15) is 0 Å². The summed E-state index contributed by atoms with van der Waals surface area (Å²) in [7, 11) is 0. The first-order chi connectivity index (χ1) is 8.45. The SMILES string of the molecule is CCNCCC=C(C)c1ccc(C(F)(F)F)cc1. The molecule has 0 bridgehead atoms. The Kier molecular flexibility index (Phi) is 5.41. The summed E-state index contributed by atoms with van der Waals surface area (Å²) in [6.45, 7) is 5.75. The minimum atomic E-state index is -4.26. The van der Waals surface area contributed by atoms with Crippen molar-refractivity contribution in [3.05, 3.63) is 41.5 Å². The van der Waals surface area contributed by atoms with Gasteiger partial charge in [-0.15, -0.1) is 0 Å². The van der Waals surface area contributed by atoms with Crippen molar-refractivity contribution in [2.75, 3.05) is 13.1 Å². The van der Waals surface area contributed by atoms with Gasteiger partial charge in [0.2, 0.25) is 0 Å². The lowest BCUT2D eigenvalue weighted by molar-refractivity contribution is -0.137. The van der Waals surface area contributed by atoms with Crippen molar-refractivity contribution in [2.45, 2.75) is 26.4 Å². The monoisotopic (exact) mass is 257 g/mol. The van der Waals surface area contributed by atoms with Crippen LogP contribution in [0.2, 0.25) is 0 Å². The molecular weight excluding hydrogens is 239 g/mol. The van der Waals surface area contributed by atoms with Gasteiger partial charge in [-0.1, -0.05) is 25.1 Å². The van der Waals surface area contributed by atoms with E-state index < -0.39 is 11.7 Å². The molecule has 0 aromatic heterocycles. The van der Waals surface area contributed by atoms with Crippen molar-refractivity contribution in [1.82, 2.24) is 5.32 Å². The van der Waals surface area contributed by atoms with E-state index >= 15 is 0 Å². The van der Waals surface area contributed by atoms with Crippen molar-refractivity contribution in [3.8, 4) is 0 Å². The predicted octanol–water partition coefficient (Wildman–Crippen LogP) is 4.11. The van der Waals surface area contributed by atoms with Gasteiger partial charge in [-0.2, -0.15) is 13.2 Å². The molecule has 18 heavy (non-hydrogen) atoms. The Hall–Kier alpha value is -1.29. The zero-order valence-electron chi connectivity index (χ0n) is 10.6. The quantitative estimate of drug-likeness (QED) is 0.783. The summed E-state index contributed by atoms with van der Waals surface area (Å²) in [6, 6.07) is 5.28. The second kappa shape index (κ2) is 6.59. The molecule has 0 unspecified atom stereocenters. The number of hydrogen-bond donors (Lipinski definition) is 1. The van der Waals surface area contributed by atoms with Crippen molar-refractivity contribution in [1.29, 1.82) is 0 Å². The molecule has 100 valence electrons. The third-order valence-electron chi connectivity index (χ3n) is 2.69. The summed E-state index contributed by atoms with van der Waals surface area (Å²) >= 11 is 0. The van der Waals surface area contributed by atoms with Crippen LogP contribution in [0, 0.1) is 0 Å². The van der Waals surface area contributed by atoms with Crippen LogP contribution in [0.3, 0.4) is 0 Å². The first-order valence-electron chi connectivity index (χ1n) is 6.00. The Bertz CT molecular complexity index is 390. The third kappa shape index (κ3) is 4.53. The third-order valence-corrected chi connectivity index (χ3v) is 2.69. The van der Waals surface area contributed by atoms with Crippen LogP contribution >= 0.6 is 0 Å². The van der Waals surface area contributed by atoms with Crippen molar-refractivity contribution >= 4 is 5.57 Å². The van der Waals surface area contributed by atoms with Crippen LogP contribution in [0.4, 0.5) is 13.2 Å². The number of hydrogen-bond acceptors (Lipinski definition) is 1. The number of halogens is 3. The summed E-state index contributed by atoms with van der Waals surface area (Å²) in [4.78, 5) is 0. The highest BCUT2D eigenvalue weighted by atomic mass is 19.4. The zero-order chi connectivity index (χ0) is 13.6. The smallest absolute Gasteiger partial charge is 0.317 e. The van der Waals surface area contributed by atoms with E-state index in [-0.39, 0.29) is 0 Å². The van der Waals surface area contributed by atoms with Gasteiger partial charge in [-0.05, 0) is 49.7 Å². The van der Waals surface area contributed by atoms with Gasteiger partial charge in [0.25, 0.3) is 0 Å². The molecule has 0 heterocycles. The summed E-state index contributed by atoms with van der Waals surface area (Å²) in [5.74, 6) is 0. The van der Waals surface area contributed by atoms with E-state index in [1.165, 1.54) is 12.1 Å². The van der Waals surface area contributed by atoms with Crippen molar-refractivity contribution in [3.63, 3.8) is 0 Å². The molecule has 1 aromatic rings. The highest BCUT2D eigenvalue weighted by molar-refractivity contribution is 5.63. The lowest BCUT2D eigenvalue weighted by Crippen LogP contribution is -2.13. The van der Waals surface area contributed by atoms with E-state index in [9.17, 15) is 13.2 Å². The topological polar surface area (TPSA) is 12.0 Å². The van der Waals surface area contributed by atoms with Gasteiger partial charge in [0.05, 0.1) is 5.56 Å². The average molecular weight is 257 g/mol. The molecule has 0 spiro atoms. The second-order valence-corrected chi connectivity index (χ2v) is 4.10. The van der Waals surface area contributed by atoms with E-state index in [4.69, 9.17) is 0 Å². The fraction of sp³-hybridized carbons (Fsp3) is 0.429. The van der Waals surface area contributed by atoms with Crippen LogP contribution in [0.1, 0.15) is 31.4 Å². The van der Waals surface area contributed by atoms with Crippen LogP contribution < -0.4 is 5.32 Å². The largest absolute Gasteiger partial charge is 0.416 e. The van der Waals surface area contributed by atoms with E-state index in [1.807, 2.05) is 19.9 Å². The van der Waals surface area contributed by atoms with Gasteiger partial charge in [0.15, 0.2) is 0 Å². The second-order valence-electron chi connectivity index (χ2n) is 4.10. The molecule has 1 aromatic carbocycles. The van der Waals surface area contributed by atoms with Gasteiger partial charge >= 0.3 is 6.18 Å². The minimum absolute atomic E-state index is 0.605. The van der Waals surface area contributed by atoms with Crippen LogP contribution in [0.25, 0.3) is 5.57 Å². The van der Waals surface area contributed by atoms with Gasteiger partial charge < -0.3 is 5.32 Å². The Morgan fingerprint density at radius 3 is 2.33 bits per heavy atom. The fourth-order valence-corrected chi connectivity index (χ4v) is 1.61. The predicted molar refractivity (Wildman–Crippen MR) is 68.3 cm³/mol. The standard InChI is InChI=1S/C14H18F3N/c1-3-18-10-4-5-11(2)12-6-8-13(9-7-12)14(15,16)17/h5-9,18H,3-4,10H2,1-2H3. The molecule has 0 radical (unpaired) electrons. The molecule has 1 N–H and O–H groups in total. The molecule has 0 atom stereocenters. The lowest BCUT2D eigenvalue weighted by Gasteiger charge is -2.08. The van der Waals surface area contributed by atoms with Gasteiger partial charge in [-0.3, -0.25) is 0 Å². The molecule has 0 fully saturated rings. The molecule has 1 nitrogen and oxygen atoms in total. The first kappa shape index (κ1) is 14.8. The summed E-state index contributed by atoms with van der Waals surface area (Å²) in [5.41, 5.74) is 1.23. The summed E-state index contributed by atoms with van der Waals surface area (Å²) in [5, 5.41) is 3.19. The number of rotatable bonds is 5. The van der Waals surface area contributed by atoms with Gasteiger partial charge in [0, 0.05) is 0 Å². The maximum absolute atomic E-state index is 12.4. The lowest BCUT2D eigenvalue weighted by atomic mass is 10.0. The highest BCUT2D eigenvalue weighted by Gasteiger charge is 2.29. The maximum Gasteiger partial charge on any atom is 0.416 e. The molecule has 0 aliphatic heterocycles. The Balaban J connectivity index is 2.67. The van der Waals surface area contributed by atoms with Crippen molar-refractivity contribution < 1.29 is 13.2 Å². The summed E-state index contributed by atoms with van der Waals surface area (Å²) in [6.07, 6.45) is -1.35. The van der Waals surface area contributed by atoms with Crippen molar-refractivity contribution in [2.24, 2.45) is 0 Å². The number of allylic oxidation sites excluding steroid dienone is 1. The molecule has 0 saturated heterocycles. The Morgan fingerprint density at radius 1 is 1.22 bits per heavy atom. The van der Waals surface area contributed by atoms with Gasteiger partial charge in [-0.25, -0.2) is 0 Å². The zero-order valence-corrected chi connectivity index (χ0v) is 10.6. The molecular formula is C14H18F3N. The molecule has 0 amide bonds. The average Bonchev–Trinajstić information content (AvgIpc) is 2.33. The Labute approximate surface area is 106 Å². The van der Waals surface area contributed by atoms with Crippen LogP contribution in [0.5, 0.6) is 0 Å². The van der Waals surface area contributed by atoms with Crippen LogP contribution in [-0.4, -0.2) is 13.1 Å². The van der Waals surface area contributed by atoms with Crippen LogP contribution in [0.15, 0.2) is 30.3 Å². The number of alkyl halides is 3. The number of nitrogens with one attached hydrogen (secondary N) is 1. The van der Waals surface area contributed by atoms with E-state index in [0.29, 0.717) is 0 Å².